The largest absolute Gasteiger partial charge is 0.497 e. The molecule has 6 heteroatoms. The Kier molecular flexibility index (Phi) is 3.54. The van der Waals surface area contributed by atoms with Gasteiger partial charge in [0.2, 0.25) is 0 Å². The molecule has 1 fully saturated rings. The van der Waals surface area contributed by atoms with E-state index in [1.165, 1.54) is 11.8 Å². The Morgan fingerprint density at radius 2 is 2.12 bits per heavy atom. The van der Waals surface area contributed by atoms with Gasteiger partial charge < -0.3 is 9.84 Å². The van der Waals surface area contributed by atoms with Crippen LogP contribution >= 0.6 is 11.8 Å². The summed E-state index contributed by atoms with van der Waals surface area (Å²) in [5.74, 6) is 1.12. The lowest BCUT2D eigenvalue weighted by Crippen LogP contribution is -2.33. The number of ether oxygens (including phenoxy) is 1. The monoisotopic (exact) mass is 255 g/mol. The summed E-state index contributed by atoms with van der Waals surface area (Å²) in [6.45, 7) is 0. The summed E-state index contributed by atoms with van der Waals surface area (Å²) in [6.07, 6.45) is -0.873. The number of rotatable bonds is 3. The number of methoxy groups -OCH3 is 1. The predicted molar refractivity (Wildman–Crippen MR) is 65.0 cm³/mol. The minimum atomic E-state index is -0.923. The molecule has 0 unspecified atom stereocenters. The molecular weight excluding hydrogens is 242 g/mol. The lowest BCUT2D eigenvalue weighted by molar-refractivity contribution is -0.531. The fourth-order valence-corrected chi connectivity index (χ4v) is 3.37. The number of aliphatic hydroxyl groups is 1. The molecule has 3 atom stereocenters. The molecule has 0 aliphatic carbocycles. The fourth-order valence-electron chi connectivity index (χ4n) is 1.94. The standard InChI is InChI=1S/C11H13NO4S/c1-16-8-4-2-7(3-5-8)11-10(12(14)15)9(13)6-17-11/h2-5,9-11,13H,6H2,1H3/t9-,10-,11+/m1/s1. The first kappa shape index (κ1) is 12.2. The molecule has 2 rings (SSSR count). The molecule has 0 amide bonds. The molecule has 92 valence electrons. The Morgan fingerprint density at radius 1 is 1.47 bits per heavy atom. The van der Waals surface area contributed by atoms with E-state index in [1.807, 2.05) is 12.1 Å². The molecule has 0 radical (unpaired) electrons. The first-order chi connectivity index (χ1) is 8.13. The van der Waals surface area contributed by atoms with Gasteiger partial charge in [0, 0.05) is 10.7 Å². The van der Waals surface area contributed by atoms with E-state index in [9.17, 15) is 15.2 Å². The van der Waals surface area contributed by atoms with E-state index in [0.717, 1.165) is 11.3 Å². The lowest BCUT2D eigenvalue weighted by atomic mass is 10.0. The van der Waals surface area contributed by atoms with Gasteiger partial charge in [-0.1, -0.05) is 12.1 Å². The third-order valence-corrected chi connectivity index (χ3v) is 4.28. The van der Waals surface area contributed by atoms with Crippen molar-refractivity contribution in [3.8, 4) is 5.75 Å². The summed E-state index contributed by atoms with van der Waals surface area (Å²) in [6, 6.07) is 6.25. The highest BCUT2D eigenvalue weighted by Gasteiger charge is 2.45. The molecule has 0 spiro atoms. The van der Waals surface area contributed by atoms with Crippen molar-refractivity contribution in [2.45, 2.75) is 17.4 Å². The lowest BCUT2D eigenvalue weighted by Gasteiger charge is -2.14. The maximum Gasteiger partial charge on any atom is 0.255 e. The Balaban J connectivity index is 2.23. The van der Waals surface area contributed by atoms with Crippen molar-refractivity contribution in [3.63, 3.8) is 0 Å². The minimum absolute atomic E-state index is 0.286. The topological polar surface area (TPSA) is 72.6 Å². The van der Waals surface area contributed by atoms with Crippen LogP contribution in [0.25, 0.3) is 0 Å². The Bertz CT molecular complexity index is 408. The third kappa shape index (κ3) is 2.37. The number of nitro groups is 1. The molecule has 0 saturated carbocycles. The van der Waals surface area contributed by atoms with Crippen LogP contribution in [0.3, 0.4) is 0 Å². The minimum Gasteiger partial charge on any atom is -0.497 e. The SMILES string of the molecule is COc1ccc([C@@H]2SC[C@@H](O)[C@H]2[N+](=O)[O-])cc1. The second kappa shape index (κ2) is 4.93. The maximum atomic E-state index is 10.9. The Morgan fingerprint density at radius 3 is 2.65 bits per heavy atom. The molecule has 1 saturated heterocycles. The molecule has 0 bridgehead atoms. The smallest absolute Gasteiger partial charge is 0.255 e. The van der Waals surface area contributed by atoms with Crippen molar-refractivity contribution in [3.05, 3.63) is 39.9 Å². The zero-order valence-corrected chi connectivity index (χ0v) is 10.1. The molecule has 1 aromatic rings. The van der Waals surface area contributed by atoms with E-state index in [1.54, 1.807) is 19.2 Å². The third-order valence-electron chi connectivity index (χ3n) is 2.84. The molecule has 1 heterocycles. The van der Waals surface area contributed by atoms with Gasteiger partial charge in [0.1, 0.15) is 11.9 Å². The van der Waals surface area contributed by atoms with Gasteiger partial charge in [-0.05, 0) is 17.7 Å². The van der Waals surface area contributed by atoms with Crippen molar-refractivity contribution in [2.75, 3.05) is 12.9 Å². The number of benzene rings is 1. The van der Waals surface area contributed by atoms with E-state index in [-0.39, 0.29) is 10.2 Å². The molecular formula is C11H13NO4S. The average molecular weight is 255 g/mol. The van der Waals surface area contributed by atoms with E-state index in [0.29, 0.717) is 5.75 Å². The molecule has 1 N–H and O–H groups in total. The fraction of sp³-hybridized carbons (Fsp3) is 0.455. The van der Waals surface area contributed by atoms with Gasteiger partial charge in [-0.25, -0.2) is 0 Å². The van der Waals surface area contributed by atoms with Crippen molar-refractivity contribution in [1.29, 1.82) is 0 Å². The number of aliphatic hydroxyl groups excluding tert-OH is 1. The summed E-state index contributed by atoms with van der Waals surface area (Å²) < 4.78 is 5.04. The second-order valence-electron chi connectivity index (χ2n) is 3.87. The summed E-state index contributed by atoms with van der Waals surface area (Å²) in [5.41, 5.74) is 0.856. The highest BCUT2D eigenvalue weighted by molar-refractivity contribution is 7.99. The van der Waals surface area contributed by atoms with Crippen LogP contribution in [-0.4, -0.2) is 35.0 Å². The zero-order chi connectivity index (χ0) is 12.4. The van der Waals surface area contributed by atoms with Gasteiger partial charge in [0.05, 0.1) is 12.4 Å². The van der Waals surface area contributed by atoms with Crippen LogP contribution in [0.1, 0.15) is 10.8 Å². The van der Waals surface area contributed by atoms with Gasteiger partial charge in [-0.2, -0.15) is 0 Å². The molecule has 1 aliphatic rings. The van der Waals surface area contributed by atoms with Gasteiger partial charge in [0.25, 0.3) is 6.04 Å². The summed E-state index contributed by atoms with van der Waals surface area (Å²) >= 11 is 1.42. The highest BCUT2D eigenvalue weighted by Crippen LogP contribution is 2.42. The van der Waals surface area contributed by atoms with E-state index < -0.39 is 12.1 Å². The molecule has 17 heavy (non-hydrogen) atoms. The van der Waals surface area contributed by atoms with E-state index in [4.69, 9.17) is 4.74 Å². The predicted octanol–water partition coefficient (Wildman–Crippen LogP) is 1.49. The van der Waals surface area contributed by atoms with Gasteiger partial charge in [-0.15, -0.1) is 11.8 Å². The van der Waals surface area contributed by atoms with Crippen LogP contribution in [0.4, 0.5) is 0 Å². The van der Waals surface area contributed by atoms with E-state index >= 15 is 0 Å². The van der Waals surface area contributed by atoms with Gasteiger partial charge in [-0.3, -0.25) is 10.1 Å². The summed E-state index contributed by atoms with van der Waals surface area (Å²) in [5, 5.41) is 20.2. The summed E-state index contributed by atoms with van der Waals surface area (Å²) in [4.78, 5) is 10.5. The van der Waals surface area contributed by atoms with Crippen molar-refractivity contribution < 1.29 is 14.8 Å². The number of hydrogen-bond donors (Lipinski definition) is 1. The molecule has 1 aromatic carbocycles. The Hall–Kier alpha value is -1.27. The Labute approximate surface area is 103 Å². The maximum absolute atomic E-state index is 10.9. The normalized spacial score (nSPS) is 28.0. The average Bonchev–Trinajstić information content (AvgIpc) is 2.71. The molecule has 5 nitrogen and oxygen atoms in total. The van der Waals surface area contributed by atoms with Crippen LogP contribution in [-0.2, 0) is 0 Å². The van der Waals surface area contributed by atoms with Crippen LogP contribution in [0.5, 0.6) is 5.75 Å². The van der Waals surface area contributed by atoms with Crippen LogP contribution in [0, 0.1) is 10.1 Å². The second-order valence-corrected chi connectivity index (χ2v) is 5.04. The van der Waals surface area contributed by atoms with Crippen molar-refractivity contribution in [1.82, 2.24) is 0 Å². The molecule has 1 aliphatic heterocycles. The zero-order valence-electron chi connectivity index (χ0n) is 9.28. The van der Waals surface area contributed by atoms with E-state index in [2.05, 4.69) is 0 Å². The highest BCUT2D eigenvalue weighted by atomic mass is 32.2. The van der Waals surface area contributed by atoms with Crippen LogP contribution < -0.4 is 4.74 Å². The number of thioether (sulfide) groups is 1. The number of nitrogens with zero attached hydrogens (tertiary/aromatic N) is 1. The quantitative estimate of drug-likeness (QED) is 0.654. The first-order valence-corrected chi connectivity index (χ1v) is 6.25. The molecule has 0 aromatic heterocycles. The van der Waals surface area contributed by atoms with Crippen LogP contribution in [0.15, 0.2) is 24.3 Å². The first-order valence-electron chi connectivity index (χ1n) is 5.20. The summed E-state index contributed by atoms with van der Waals surface area (Å²) in [7, 11) is 1.57. The van der Waals surface area contributed by atoms with Crippen molar-refractivity contribution >= 4 is 11.8 Å². The van der Waals surface area contributed by atoms with Gasteiger partial charge >= 0.3 is 0 Å². The van der Waals surface area contributed by atoms with Crippen LogP contribution in [0.2, 0.25) is 0 Å². The van der Waals surface area contributed by atoms with Crippen molar-refractivity contribution in [2.24, 2.45) is 0 Å². The van der Waals surface area contributed by atoms with Gasteiger partial charge in [0.15, 0.2) is 0 Å². The number of hydrogen-bond acceptors (Lipinski definition) is 5.